The van der Waals surface area contributed by atoms with Crippen LogP contribution in [0.1, 0.15) is 10.4 Å². The summed E-state index contributed by atoms with van der Waals surface area (Å²) >= 11 is 3.38. The monoisotopic (exact) mass is 425 g/mol. The van der Waals surface area contributed by atoms with E-state index in [0.29, 0.717) is 22.6 Å². The molecule has 0 bridgehead atoms. The first-order valence-corrected chi connectivity index (χ1v) is 8.66. The zero-order valence-electron chi connectivity index (χ0n) is 13.7. The lowest BCUT2D eigenvalue weighted by atomic mass is 10.2. The third kappa shape index (κ3) is 3.72. The van der Waals surface area contributed by atoms with Gasteiger partial charge in [0, 0.05) is 21.9 Å². The van der Waals surface area contributed by atoms with Gasteiger partial charge in [-0.05, 0) is 36.4 Å². The van der Waals surface area contributed by atoms with Gasteiger partial charge in [0.1, 0.15) is 0 Å². The van der Waals surface area contributed by atoms with Crippen LogP contribution in [-0.2, 0) is 0 Å². The molecule has 0 saturated heterocycles. The number of nitrogens with zero attached hydrogens (tertiary/aromatic N) is 3. The van der Waals surface area contributed by atoms with E-state index in [1.165, 1.54) is 6.20 Å². The van der Waals surface area contributed by atoms with Crippen LogP contribution in [0.15, 0.2) is 74.7 Å². The minimum Gasteiger partial charge on any atom is -0.322 e. The van der Waals surface area contributed by atoms with Crippen LogP contribution in [0, 0.1) is 0 Å². The Bertz CT molecular complexity index is 1160. The number of benzene rings is 2. The molecule has 0 aliphatic rings. The zero-order valence-corrected chi connectivity index (χ0v) is 15.3. The molecular weight excluding hydrogens is 414 g/mol. The van der Waals surface area contributed by atoms with Gasteiger partial charge in [-0.2, -0.15) is 5.10 Å². The quantitative estimate of drug-likeness (QED) is 0.521. The molecule has 2 N–H and O–H groups in total. The summed E-state index contributed by atoms with van der Waals surface area (Å²) in [7, 11) is 0. The van der Waals surface area contributed by atoms with Crippen molar-refractivity contribution in [3.05, 3.63) is 81.5 Å². The molecule has 0 unspecified atom stereocenters. The first kappa shape index (κ1) is 17.0. The van der Waals surface area contributed by atoms with Crippen LogP contribution in [0.4, 0.5) is 5.69 Å². The largest absolute Gasteiger partial charge is 0.439 e. The zero-order chi connectivity index (χ0) is 18.8. The molecule has 2 aromatic heterocycles. The van der Waals surface area contributed by atoms with E-state index in [0.717, 1.165) is 10.2 Å². The predicted molar refractivity (Wildman–Crippen MR) is 102 cm³/mol. The molecule has 4 aromatic rings. The number of rotatable bonds is 4. The van der Waals surface area contributed by atoms with Gasteiger partial charge in [-0.25, -0.2) is 9.48 Å². The van der Waals surface area contributed by atoms with Gasteiger partial charge in [0.15, 0.2) is 5.82 Å². The van der Waals surface area contributed by atoms with Gasteiger partial charge in [-0.15, -0.1) is 0 Å². The summed E-state index contributed by atoms with van der Waals surface area (Å²) < 4.78 is 7.08. The summed E-state index contributed by atoms with van der Waals surface area (Å²) in [4.78, 5) is 26.1. The van der Waals surface area contributed by atoms with E-state index in [1.807, 2.05) is 24.3 Å². The molecule has 27 heavy (non-hydrogen) atoms. The van der Waals surface area contributed by atoms with Gasteiger partial charge >= 0.3 is 5.76 Å². The third-order valence-corrected chi connectivity index (χ3v) is 4.30. The minimum atomic E-state index is -0.639. The van der Waals surface area contributed by atoms with Crippen molar-refractivity contribution in [1.29, 1.82) is 0 Å². The molecule has 0 atom stereocenters. The maximum absolute atomic E-state index is 12.5. The smallest absolute Gasteiger partial charge is 0.322 e. The Kier molecular flexibility index (Phi) is 4.43. The summed E-state index contributed by atoms with van der Waals surface area (Å²) in [6, 6.07) is 14.5. The van der Waals surface area contributed by atoms with E-state index in [4.69, 9.17) is 0 Å². The Morgan fingerprint density at radius 2 is 2.00 bits per heavy atom. The molecule has 2 heterocycles. The molecule has 8 nitrogen and oxygen atoms in total. The highest BCUT2D eigenvalue weighted by atomic mass is 79.9. The number of hydrogen-bond acceptors (Lipinski definition) is 5. The Morgan fingerprint density at radius 3 is 2.74 bits per heavy atom. The SMILES string of the molecule is O=C(Nc1cccc(-c2noc(=O)[nH]2)c1)c1cnn(-c2ccc(Br)cc2)c1. The third-order valence-electron chi connectivity index (χ3n) is 3.77. The summed E-state index contributed by atoms with van der Waals surface area (Å²) in [5.41, 5.74) is 2.43. The molecule has 1 amide bonds. The Balaban J connectivity index is 1.53. The van der Waals surface area contributed by atoms with Gasteiger partial charge in [0.2, 0.25) is 0 Å². The Labute approximate surface area is 161 Å². The van der Waals surface area contributed by atoms with Crippen LogP contribution in [0.5, 0.6) is 0 Å². The molecule has 2 aromatic carbocycles. The van der Waals surface area contributed by atoms with Crippen LogP contribution < -0.4 is 11.1 Å². The van der Waals surface area contributed by atoms with Gasteiger partial charge < -0.3 is 5.32 Å². The van der Waals surface area contributed by atoms with Gasteiger partial charge in [-0.1, -0.05) is 33.2 Å². The number of aromatic nitrogens is 4. The number of amides is 1. The van der Waals surface area contributed by atoms with Crippen molar-refractivity contribution >= 4 is 27.5 Å². The second-order valence-electron chi connectivity index (χ2n) is 5.63. The van der Waals surface area contributed by atoms with Crippen molar-refractivity contribution in [2.75, 3.05) is 5.32 Å². The molecule has 4 rings (SSSR count). The molecule has 0 spiro atoms. The number of nitrogens with one attached hydrogen (secondary N) is 2. The minimum absolute atomic E-state index is 0.291. The van der Waals surface area contributed by atoms with E-state index >= 15 is 0 Å². The first-order chi connectivity index (χ1) is 13.1. The highest BCUT2D eigenvalue weighted by Gasteiger charge is 2.11. The van der Waals surface area contributed by atoms with Gasteiger partial charge in [0.05, 0.1) is 17.4 Å². The van der Waals surface area contributed by atoms with Crippen molar-refractivity contribution in [2.24, 2.45) is 0 Å². The van der Waals surface area contributed by atoms with Crippen LogP contribution in [0.25, 0.3) is 17.1 Å². The fourth-order valence-corrected chi connectivity index (χ4v) is 2.74. The molecule has 0 aliphatic carbocycles. The fraction of sp³-hybridized carbons (Fsp3) is 0. The van der Waals surface area contributed by atoms with Crippen LogP contribution in [-0.4, -0.2) is 25.8 Å². The summed E-state index contributed by atoms with van der Waals surface area (Å²) in [5.74, 6) is -0.650. The van der Waals surface area contributed by atoms with E-state index < -0.39 is 5.76 Å². The summed E-state index contributed by atoms with van der Waals surface area (Å²) in [6.07, 6.45) is 3.15. The number of carbonyl (C=O) groups excluding carboxylic acids is 1. The lowest BCUT2D eigenvalue weighted by molar-refractivity contribution is 0.102. The number of anilines is 1. The van der Waals surface area contributed by atoms with Crippen molar-refractivity contribution in [2.45, 2.75) is 0 Å². The maximum atomic E-state index is 12.5. The first-order valence-electron chi connectivity index (χ1n) is 7.87. The molecule has 0 saturated carbocycles. The van der Waals surface area contributed by atoms with Crippen molar-refractivity contribution in [1.82, 2.24) is 19.9 Å². The molecule has 0 aliphatic heterocycles. The average molecular weight is 426 g/mol. The van der Waals surface area contributed by atoms with E-state index in [9.17, 15) is 9.59 Å². The van der Waals surface area contributed by atoms with E-state index in [1.54, 1.807) is 35.1 Å². The van der Waals surface area contributed by atoms with Gasteiger partial charge in [0.25, 0.3) is 5.91 Å². The second-order valence-corrected chi connectivity index (χ2v) is 6.54. The molecule has 0 fully saturated rings. The highest BCUT2D eigenvalue weighted by Crippen LogP contribution is 2.19. The fourth-order valence-electron chi connectivity index (χ4n) is 2.48. The van der Waals surface area contributed by atoms with Crippen LogP contribution >= 0.6 is 15.9 Å². The number of hydrogen-bond donors (Lipinski definition) is 2. The average Bonchev–Trinajstić information content (AvgIpc) is 3.32. The normalized spacial score (nSPS) is 10.7. The van der Waals surface area contributed by atoms with E-state index in [-0.39, 0.29) is 5.91 Å². The lowest BCUT2D eigenvalue weighted by Gasteiger charge is -2.05. The Hall–Kier alpha value is -3.46. The number of carbonyl (C=O) groups is 1. The highest BCUT2D eigenvalue weighted by molar-refractivity contribution is 9.10. The van der Waals surface area contributed by atoms with Crippen molar-refractivity contribution in [3.8, 4) is 17.1 Å². The second kappa shape index (κ2) is 7.04. The van der Waals surface area contributed by atoms with Crippen molar-refractivity contribution < 1.29 is 9.32 Å². The van der Waals surface area contributed by atoms with E-state index in [2.05, 4.69) is 41.0 Å². The van der Waals surface area contributed by atoms with Crippen LogP contribution in [0.3, 0.4) is 0 Å². The van der Waals surface area contributed by atoms with Crippen LogP contribution in [0.2, 0.25) is 0 Å². The van der Waals surface area contributed by atoms with Gasteiger partial charge in [-0.3, -0.25) is 14.3 Å². The number of H-pyrrole nitrogens is 1. The Morgan fingerprint density at radius 1 is 1.19 bits per heavy atom. The van der Waals surface area contributed by atoms with Crippen molar-refractivity contribution in [3.63, 3.8) is 0 Å². The maximum Gasteiger partial charge on any atom is 0.439 e. The standard InChI is InChI=1S/C18H12BrN5O3/c19-13-4-6-15(7-5-13)24-10-12(9-20-24)17(25)21-14-3-1-2-11(8-14)16-22-18(26)27-23-16/h1-10H,(H,21,25)(H,22,23,26). The lowest BCUT2D eigenvalue weighted by Crippen LogP contribution is -2.11. The summed E-state index contributed by atoms with van der Waals surface area (Å²) in [5, 5.41) is 10.7. The molecule has 9 heteroatoms. The molecular formula is C18H12BrN5O3. The topological polar surface area (TPSA) is 106 Å². The number of aromatic amines is 1. The number of halogens is 1. The summed E-state index contributed by atoms with van der Waals surface area (Å²) in [6.45, 7) is 0. The predicted octanol–water partition coefficient (Wildman–Crippen LogP) is 3.23. The molecule has 134 valence electrons. The molecule has 0 radical (unpaired) electrons.